The van der Waals surface area contributed by atoms with E-state index in [0.29, 0.717) is 19.0 Å². The molecule has 1 aromatic carbocycles. The third-order valence-corrected chi connectivity index (χ3v) is 11.7. The highest BCUT2D eigenvalue weighted by Crippen LogP contribution is 2.38. The summed E-state index contributed by atoms with van der Waals surface area (Å²) < 4.78 is 29.5. The topological polar surface area (TPSA) is 97.0 Å². The molecule has 4 fully saturated rings. The quantitative estimate of drug-likeness (QED) is 0.527. The molecule has 9 nitrogen and oxygen atoms in total. The first-order chi connectivity index (χ1) is 18.8. The van der Waals surface area contributed by atoms with Crippen LogP contribution in [0.15, 0.2) is 6.07 Å². The summed E-state index contributed by atoms with van der Waals surface area (Å²) in [7, 11) is 0.468. The van der Waals surface area contributed by atoms with Gasteiger partial charge >= 0.3 is 16.2 Å². The summed E-state index contributed by atoms with van der Waals surface area (Å²) in [4.78, 5) is 17.5. The van der Waals surface area contributed by atoms with Gasteiger partial charge in [-0.25, -0.2) is 9.52 Å². The lowest BCUT2D eigenvalue weighted by Crippen LogP contribution is -2.46. The zero-order chi connectivity index (χ0) is 27.1. The van der Waals surface area contributed by atoms with Crippen LogP contribution in [0.2, 0.25) is 0 Å². The Kier molecular flexibility index (Phi) is 7.94. The number of anilines is 1. The Balaban J connectivity index is 0.000000231. The Morgan fingerprint density at radius 1 is 0.846 bits per heavy atom. The summed E-state index contributed by atoms with van der Waals surface area (Å²) in [5.74, 6) is 1.31. The second kappa shape index (κ2) is 11.3. The fourth-order valence-corrected chi connectivity index (χ4v) is 9.30. The fourth-order valence-electron chi connectivity index (χ4n) is 8.15. The Hall–Kier alpha value is -1.72. The van der Waals surface area contributed by atoms with Crippen LogP contribution in [-0.2, 0) is 35.9 Å². The standard InChI is InChI=1S/C21H30N4O3S.C8H16N2/c1-24-10-4-7-16-12-25(13-19(16)24)29(27,28)23-21(26)22-20-17-8-2-5-14(17)11-15-6-3-9-18(15)20;1-10-4-2-3-7-5-9-6-8(7)10/h11,16,19H,2-10,12-13H2,1H3,(H2,22,23,26);7-9H,2-6H2,1H3. The largest absolute Gasteiger partial charge is 0.333 e. The molecule has 0 bridgehead atoms. The maximum absolute atomic E-state index is 12.9. The number of likely N-dealkylation sites (N-methyl/N-ethyl adjacent to an activating group) is 2. The lowest BCUT2D eigenvalue weighted by Gasteiger charge is -2.33. The first-order valence-electron chi connectivity index (χ1n) is 15.2. The van der Waals surface area contributed by atoms with Gasteiger partial charge in [-0.1, -0.05) is 6.07 Å². The fraction of sp³-hybridized carbons (Fsp3) is 0.759. The molecule has 2 aliphatic carbocycles. The molecule has 4 saturated heterocycles. The molecule has 7 rings (SSSR count). The minimum absolute atomic E-state index is 0.254. The number of aryl methyl sites for hydroxylation is 2. The third kappa shape index (κ3) is 5.60. The van der Waals surface area contributed by atoms with Crippen LogP contribution in [0, 0.1) is 11.8 Å². The van der Waals surface area contributed by atoms with Gasteiger partial charge in [0.15, 0.2) is 0 Å². The average molecular weight is 559 g/mol. The number of likely N-dealkylation sites (tertiary alicyclic amines) is 2. The predicted molar refractivity (Wildman–Crippen MR) is 154 cm³/mol. The zero-order valence-corrected chi connectivity index (χ0v) is 24.5. The second-order valence-electron chi connectivity index (χ2n) is 12.7. The normalized spacial score (nSPS) is 30.6. The lowest BCUT2D eigenvalue weighted by molar-refractivity contribution is 0.157. The number of fused-ring (bicyclic) bond motifs is 4. The van der Waals surface area contributed by atoms with Gasteiger partial charge in [-0.05, 0) is 132 Å². The number of hydrogen-bond acceptors (Lipinski definition) is 6. The number of urea groups is 1. The molecule has 4 unspecified atom stereocenters. The van der Waals surface area contributed by atoms with Crippen LogP contribution in [0.3, 0.4) is 0 Å². The van der Waals surface area contributed by atoms with Gasteiger partial charge in [-0.2, -0.15) is 12.7 Å². The van der Waals surface area contributed by atoms with Crippen LogP contribution in [0.25, 0.3) is 0 Å². The van der Waals surface area contributed by atoms with Crippen molar-refractivity contribution >= 4 is 21.9 Å². The average Bonchev–Trinajstić information content (AvgIpc) is 3.70. The van der Waals surface area contributed by atoms with Gasteiger partial charge in [0.2, 0.25) is 0 Å². The van der Waals surface area contributed by atoms with Crippen molar-refractivity contribution in [2.24, 2.45) is 11.8 Å². The second-order valence-corrected chi connectivity index (χ2v) is 14.3. The van der Waals surface area contributed by atoms with Crippen molar-refractivity contribution in [3.8, 4) is 0 Å². The molecule has 10 heteroatoms. The highest BCUT2D eigenvalue weighted by molar-refractivity contribution is 7.87. The minimum Gasteiger partial charge on any atom is -0.315 e. The van der Waals surface area contributed by atoms with E-state index in [1.165, 1.54) is 59.0 Å². The van der Waals surface area contributed by atoms with E-state index in [0.717, 1.165) is 75.6 Å². The molecule has 39 heavy (non-hydrogen) atoms. The highest BCUT2D eigenvalue weighted by atomic mass is 32.2. The predicted octanol–water partition coefficient (Wildman–Crippen LogP) is 2.36. The summed E-state index contributed by atoms with van der Waals surface area (Å²) >= 11 is 0. The number of rotatable bonds is 3. The number of carbonyl (C=O) groups excluding carboxylic acids is 1. The van der Waals surface area contributed by atoms with Gasteiger partial charge in [-0.3, -0.25) is 0 Å². The van der Waals surface area contributed by atoms with E-state index in [9.17, 15) is 13.2 Å². The number of piperidine rings is 2. The van der Waals surface area contributed by atoms with E-state index in [4.69, 9.17) is 0 Å². The molecular formula is C29H46N6O3S. The van der Waals surface area contributed by atoms with Crippen LogP contribution in [0.1, 0.15) is 60.8 Å². The number of hydrogen-bond donors (Lipinski definition) is 3. The van der Waals surface area contributed by atoms with Crippen LogP contribution in [-0.4, -0.2) is 94.0 Å². The van der Waals surface area contributed by atoms with E-state index in [1.807, 2.05) is 0 Å². The molecule has 2 amide bonds. The first kappa shape index (κ1) is 27.4. The van der Waals surface area contributed by atoms with Crippen LogP contribution >= 0.6 is 0 Å². The Bertz CT molecular complexity index is 1160. The molecular weight excluding hydrogens is 512 g/mol. The van der Waals surface area contributed by atoms with Gasteiger partial charge in [0, 0.05) is 37.4 Å². The molecule has 3 N–H and O–H groups in total. The molecule has 4 heterocycles. The van der Waals surface area contributed by atoms with E-state index in [-0.39, 0.29) is 6.04 Å². The van der Waals surface area contributed by atoms with Crippen LogP contribution < -0.4 is 15.4 Å². The molecule has 0 radical (unpaired) electrons. The van der Waals surface area contributed by atoms with Crippen molar-refractivity contribution in [2.75, 3.05) is 58.7 Å². The highest BCUT2D eigenvalue weighted by Gasteiger charge is 2.42. The number of nitrogens with zero attached hydrogens (tertiary/aromatic N) is 3. The maximum Gasteiger partial charge on any atom is 0.333 e. The van der Waals surface area contributed by atoms with Crippen molar-refractivity contribution in [1.82, 2.24) is 24.1 Å². The molecule has 0 saturated carbocycles. The van der Waals surface area contributed by atoms with Gasteiger partial charge in [-0.15, -0.1) is 0 Å². The molecule has 0 spiro atoms. The van der Waals surface area contributed by atoms with Crippen LogP contribution in [0.5, 0.6) is 0 Å². The van der Waals surface area contributed by atoms with Crippen molar-refractivity contribution in [2.45, 2.75) is 76.3 Å². The van der Waals surface area contributed by atoms with E-state index in [1.54, 1.807) is 0 Å². The summed E-state index contributed by atoms with van der Waals surface area (Å²) in [6, 6.07) is 2.77. The monoisotopic (exact) mass is 558 g/mol. The van der Waals surface area contributed by atoms with Crippen molar-refractivity contribution in [3.05, 3.63) is 28.3 Å². The minimum atomic E-state index is -3.84. The number of nitrogens with one attached hydrogen (secondary N) is 3. The molecule has 0 aromatic heterocycles. The Morgan fingerprint density at radius 2 is 1.49 bits per heavy atom. The Morgan fingerprint density at radius 3 is 2.13 bits per heavy atom. The summed E-state index contributed by atoms with van der Waals surface area (Å²) in [6.45, 7) is 5.75. The number of amides is 2. The molecule has 6 aliphatic rings. The van der Waals surface area contributed by atoms with Crippen molar-refractivity contribution < 1.29 is 13.2 Å². The van der Waals surface area contributed by atoms with Crippen LogP contribution in [0.4, 0.5) is 10.5 Å². The van der Waals surface area contributed by atoms with Gasteiger partial charge in [0.25, 0.3) is 0 Å². The summed E-state index contributed by atoms with van der Waals surface area (Å²) in [6.07, 6.45) is 11.2. The molecule has 1 aromatic rings. The van der Waals surface area contributed by atoms with Crippen molar-refractivity contribution in [1.29, 1.82) is 0 Å². The zero-order valence-electron chi connectivity index (χ0n) is 23.7. The Labute approximate surface area is 234 Å². The number of carbonyl (C=O) groups is 1. The summed E-state index contributed by atoms with van der Waals surface area (Å²) in [5.41, 5.74) is 5.90. The first-order valence-corrected chi connectivity index (χ1v) is 16.6. The molecule has 4 atom stereocenters. The van der Waals surface area contributed by atoms with E-state index in [2.05, 4.69) is 45.3 Å². The van der Waals surface area contributed by atoms with E-state index >= 15 is 0 Å². The van der Waals surface area contributed by atoms with Gasteiger partial charge in [0.1, 0.15) is 0 Å². The third-order valence-electron chi connectivity index (χ3n) is 10.3. The summed E-state index contributed by atoms with van der Waals surface area (Å²) in [5, 5.41) is 6.38. The van der Waals surface area contributed by atoms with Gasteiger partial charge in [0.05, 0.1) is 0 Å². The number of benzene rings is 1. The molecule has 4 aliphatic heterocycles. The maximum atomic E-state index is 12.9. The van der Waals surface area contributed by atoms with Gasteiger partial charge < -0.3 is 20.4 Å². The SMILES string of the molecule is CN1CCCC2CN(S(=O)(=O)NC(=O)Nc3c4c(cc5c3CCC5)CCC4)CC21.CN1CCCC2CNCC21. The molecule has 216 valence electrons. The van der Waals surface area contributed by atoms with Crippen molar-refractivity contribution in [3.63, 3.8) is 0 Å². The smallest absolute Gasteiger partial charge is 0.315 e. The lowest BCUT2D eigenvalue weighted by atomic mass is 9.93. The van der Waals surface area contributed by atoms with E-state index < -0.39 is 16.2 Å².